The molecule has 0 bridgehead atoms. The Kier molecular flexibility index (Phi) is 3.52. The minimum absolute atomic E-state index is 0.461. The smallest absolute Gasteiger partial charge is 0.235 e. The lowest BCUT2D eigenvalue weighted by molar-refractivity contribution is -0.400. The van der Waals surface area contributed by atoms with E-state index in [0.29, 0.717) is 0 Å². The second kappa shape index (κ2) is 4.67. The molecule has 3 nitrogen and oxygen atoms in total. The third-order valence-corrected chi connectivity index (χ3v) is 2.33. The summed E-state index contributed by atoms with van der Waals surface area (Å²) in [6.07, 6.45) is 4.40. The van der Waals surface area contributed by atoms with Crippen LogP contribution >= 0.6 is 11.8 Å². The van der Waals surface area contributed by atoms with Gasteiger partial charge >= 0.3 is 0 Å². The fraction of sp³-hybridized carbons (Fsp3) is 0.111. The first kappa shape index (κ1) is 9.80. The van der Waals surface area contributed by atoms with E-state index in [1.165, 1.54) is 6.08 Å². The number of benzene rings is 1. The van der Waals surface area contributed by atoms with Gasteiger partial charge < -0.3 is 0 Å². The Bertz CT molecular complexity index is 336. The molecule has 0 amide bonds. The third-order valence-electron chi connectivity index (χ3n) is 1.51. The van der Waals surface area contributed by atoms with E-state index in [1.54, 1.807) is 11.8 Å². The monoisotopic (exact) mass is 195 g/mol. The predicted octanol–water partition coefficient (Wildman–Crippen LogP) is 2.66. The summed E-state index contributed by atoms with van der Waals surface area (Å²) in [5, 5.41) is 10.1. The van der Waals surface area contributed by atoms with Crippen molar-refractivity contribution in [1.82, 2.24) is 0 Å². The second-order valence-electron chi connectivity index (χ2n) is 2.34. The molecule has 0 fully saturated rings. The summed E-state index contributed by atoms with van der Waals surface area (Å²) in [5.74, 6) is 0. The van der Waals surface area contributed by atoms with Gasteiger partial charge in [0.05, 0.1) is 4.92 Å². The minimum Gasteiger partial charge on any atom is -0.259 e. The summed E-state index contributed by atoms with van der Waals surface area (Å²) in [6.45, 7) is 0. The highest BCUT2D eigenvalue weighted by Gasteiger charge is 1.96. The van der Waals surface area contributed by atoms with Crippen LogP contribution in [0.5, 0.6) is 0 Å². The average Bonchev–Trinajstić information content (AvgIpc) is 2.15. The van der Waals surface area contributed by atoms with Gasteiger partial charge in [-0.3, -0.25) is 10.1 Å². The van der Waals surface area contributed by atoms with E-state index in [4.69, 9.17) is 0 Å². The van der Waals surface area contributed by atoms with Crippen LogP contribution in [0.15, 0.2) is 35.4 Å². The first-order valence-corrected chi connectivity index (χ1v) is 4.91. The molecule has 4 heteroatoms. The van der Waals surface area contributed by atoms with Gasteiger partial charge in [-0.15, -0.1) is 11.8 Å². The van der Waals surface area contributed by atoms with Crippen molar-refractivity contribution in [3.05, 3.63) is 46.1 Å². The lowest BCUT2D eigenvalue weighted by atomic mass is 10.2. The van der Waals surface area contributed by atoms with E-state index in [0.717, 1.165) is 16.7 Å². The quantitative estimate of drug-likeness (QED) is 0.423. The average molecular weight is 195 g/mol. The molecular formula is C9H9NO2S. The van der Waals surface area contributed by atoms with Gasteiger partial charge in [0.15, 0.2) is 0 Å². The highest BCUT2D eigenvalue weighted by Crippen LogP contribution is 2.20. The van der Waals surface area contributed by atoms with Crippen LogP contribution in [0.4, 0.5) is 0 Å². The van der Waals surface area contributed by atoms with Crippen LogP contribution in [0.2, 0.25) is 0 Å². The fourth-order valence-electron chi connectivity index (χ4n) is 0.945. The summed E-state index contributed by atoms with van der Waals surface area (Å²) in [5.41, 5.74) is 0.881. The largest absolute Gasteiger partial charge is 0.259 e. The number of rotatable bonds is 3. The number of nitro groups is 1. The van der Waals surface area contributed by atoms with Crippen molar-refractivity contribution in [3.8, 4) is 0 Å². The van der Waals surface area contributed by atoms with E-state index in [2.05, 4.69) is 0 Å². The van der Waals surface area contributed by atoms with E-state index in [-0.39, 0.29) is 0 Å². The van der Waals surface area contributed by atoms with Crippen LogP contribution < -0.4 is 0 Å². The van der Waals surface area contributed by atoms with Crippen molar-refractivity contribution in [2.45, 2.75) is 4.90 Å². The Morgan fingerprint density at radius 1 is 1.46 bits per heavy atom. The van der Waals surface area contributed by atoms with Crippen molar-refractivity contribution in [2.75, 3.05) is 6.26 Å². The molecule has 0 unspecified atom stereocenters. The van der Waals surface area contributed by atoms with Crippen LogP contribution in [0.25, 0.3) is 6.08 Å². The molecule has 0 aliphatic rings. The number of thioether (sulfide) groups is 1. The Morgan fingerprint density at radius 3 is 2.77 bits per heavy atom. The summed E-state index contributed by atoms with van der Waals surface area (Å²) < 4.78 is 0. The Hall–Kier alpha value is -1.29. The van der Waals surface area contributed by atoms with Crippen LogP contribution in [0, 0.1) is 10.1 Å². The molecule has 13 heavy (non-hydrogen) atoms. The molecule has 0 spiro atoms. The molecule has 0 radical (unpaired) electrons. The molecule has 0 saturated heterocycles. The molecular weight excluding hydrogens is 186 g/mol. The van der Waals surface area contributed by atoms with Crippen LogP contribution in [0.1, 0.15) is 5.56 Å². The Labute approximate surface area is 80.6 Å². The van der Waals surface area contributed by atoms with Gasteiger partial charge in [-0.25, -0.2) is 0 Å². The van der Waals surface area contributed by atoms with Gasteiger partial charge in [0.1, 0.15) is 0 Å². The molecule has 0 aliphatic heterocycles. The Morgan fingerprint density at radius 2 is 2.15 bits per heavy atom. The molecule has 1 aromatic carbocycles. The van der Waals surface area contributed by atoms with Gasteiger partial charge in [-0.1, -0.05) is 18.2 Å². The molecule has 0 aliphatic carbocycles. The van der Waals surface area contributed by atoms with Gasteiger partial charge in [0.2, 0.25) is 6.20 Å². The normalized spacial score (nSPS) is 10.5. The standard InChI is InChI=1S/C9H9NO2S/c1-13-9-5-3-2-4-8(9)6-7-10(11)12/h2-7H,1H3/b7-6+. The van der Waals surface area contributed by atoms with Crippen molar-refractivity contribution in [3.63, 3.8) is 0 Å². The SMILES string of the molecule is CSc1ccccc1/C=C/[N+](=O)[O-]. The van der Waals surface area contributed by atoms with E-state index in [9.17, 15) is 10.1 Å². The van der Waals surface area contributed by atoms with Crippen LogP contribution in [0.3, 0.4) is 0 Å². The van der Waals surface area contributed by atoms with Crippen molar-refractivity contribution >= 4 is 17.8 Å². The lowest BCUT2D eigenvalue weighted by Crippen LogP contribution is -1.83. The maximum atomic E-state index is 10.1. The molecule has 0 heterocycles. The van der Waals surface area contributed by atoms with Crippen molar-refractivity contribution in [2.24, 2.45) is 0 Å². The molecule has 0 aromatic heterocycles. The second-order valence-corrected chi connectivity index (χ2v) is 3.19. The maximum absolute atomic E-state index is 10.1. The number of nitrogens with zero attached hydrogens (tertiary/aromatic N) is 1. The first-order chi connectivity index (χ1) is 6.24. The third kappa shape index (κ3) is 2.91. The molecule has 68 valence electrons. The van der Waals surface area contributed by atoms with E-state index >= 15 is 0 Å². The zero-order valence-electron chi connectivity index (χ0n) is 7.14. The van der Waals surface area contributed by atoms with Gasteiger partial charge in [-0.2, -0.15) is 0 Å². The number of hydrogen-bond donors (Lipinski definition) is 0. The summed E-state index contributed by atoms with van der Waals surface area (Å²) in [6, 6.07) is 7.56. The molecule has 1 aromatic rings. The van der Waals surface area contributed by atoms with Gasteiger partial charge in [0, 0.05) is 11.0 Å². The van der Waals surface area contributed by atoms with E-state index in [1.807, 2.05) is 30.5 Å². The van der Waals surface area contributed by atoms with E-state index < -0.39 is 4.92 Å². The highest BCUT2D eigenvalue weighted by molar-refractivity contribution is 7.98. The maximum Gasteiger partial charge on any atom is 0.235 e. The minimum atomic E-state index is -0.461. The van der Waals surface area contributed by atoms with Crippen molar-refractivity contribution < 1.29 is 4.92 Å². The van der Waals surface area contributed by atoms with Gasteiger partial charge in [-0.05, 0) is 17.9 Å². The van der Waals surface area contributed by atoms with Gasteiger partial charge in [0.25, 0.3) is 0 Å². The molecule has 0 atom stereocenters. The summed E-state index contributed by atoms with van der Waals surface area (Å²) in [7, 11) is 0. The molecule has 0 saturated carbocycles. The fourth-order valence-corrected chi connectivity index (χ4v) is 1.53. The van der Waals surface area contributed by atoms with Crippen LogP contribution in [-0.4, -0.2) is 11.2 Å². The predicted molar refractivity (Wildman–Crippen MR) is 54.3 cm³/mol. The first-order valence-electron chi connectivity index (χ1n) is 3.69. The van der Waals surface area contributed by atoms with Crippen molar-refractivity contribution in [1.29, 1.82) is 0 Å². The zero-order valence-corrected chi connectivity index (χ0v) is 7.95. The summed E-state index contributed by atoms with van der Waals surface area (Å²) >= 11 is 1.57. The molecule has 0 N–H and O–H groups in total. The summed E-state index contributed by atoms with van der Waals surface area (Å²) in [4.78, 5) is 10.7. The lowest BCUT2D eigenvalue weighted by Gasteiger charge is -1.99. The van der Waals surface area contributed by atoms with Crippen LogP contribution in [-0.2, 0) is 0 Å². The molecule has 1 rings (SSSR count). The zero-order chi connectivity index (χ0) is 9.68. The highest BCUT2D eigenvalue weighted by atomic mass is 32.2. The Balaban J connectivity index is 2.93. The topological polar surface area (TPSA) is 43.1 Å². The number of hydrogen-bond acceptors (Lipinski definition) is 3.